The van der Waals surface area contributed by atoms with E-state index in [1.165, 1.54) is 23.0 Å². The van der Waals surface area contributed by atoms with E-state index in [4.69, 9.17) is 0 Å². The van der Waals surface area contributed by atoms with Gasteiger partial charge in [0.2, 0.25) is 5.91 Å². The van der Waals surface area contributed by atoms with E-state index in [-0.39, 0.29) is 11.7 Å². The van der Waals surface area contributed by atoms with Crippen LogP contribution in [0.3, 0.4) is 0 Å². The summed E-state index contributed by atoms with van der Waals surface area (Å²) in [6.45, 7) is 8.29. The van der Waals surface area contributed by atoms with Crippen molar-refractivity contribution in [2.24, 2.45) is 0 Å². The average molecular weight is 437 g/mol. The van der Waals surface area contributed by atoms with E-state index in [9.17, 15) is 4.79 Å². The van der Waals surface area contributed by atoms with Gasteiger partial charge in [0.1, 0.15) is 6.33 Å². The smallest absolute Gasteiger partial charge is 0.234 e. The van der Waals surface area contributed by atoms with Crippen LogP contribution in [0.2, 0.25) is 0 Å². The number of hydrogen-bond acceptors (Lipinski definition) is 6. The molecule has 1 saturated heterocycles. The third-order valence-corrected chi connectivity index (χ3v) is 6.46. The lowest BCUT2D eigenvalue weighted by atomic mass is 10.1. The molecule has 1 fully saturated rings. The van der Waals surface area contributed by atoms with E-state index in [1.807, 2.05) is 41.8 Å². The summed E-state index contributed by atoms with van der Waals surface area (Å²) in [5.74, 6) is 0.211. The highest BCUT2D eigenvalue weighted by molar-refractivity contribution is 7.99. The van der Waals surface area contributed by atoms with Crippen LogP contribution in [0.5, 0.6) is 0 Å². The Morgan fingerprint density at radius 3 is 2.45 bits per heavy atom. The second-order valence-electron chi connectivity index (χ2n) is 7.95. The summed E-state index contributed by atoms with van der Waals surface area (Å²) in [6.07, 6.45) is 1.67. The summed E-state index contributed by atoms with van der Waals surface area (Å²) in [7, 11) is 2.16. The summed E-state index contributed by atoms with van der Waals surface area (Å²) in [5.41, 5.74) is 5.30. The Morgan fingerprint density at radius 1 is 1.03 bits per heavy atom. The molecule has 0 spiro atoms. The van der Waals surface area contributed by atoms with E-state index in [1.54, 1.807) is 6.33 Å². The molecule has 8 heteroatoms. The summed E-state index contributed by atoms with van der Waals surface area (Å²) >= 11 is 1.38. The molecule has 3 aromatic rings. The van der Waals surface area contributed by atoms with Crippen molar-refractivity contribution in [2.45, 2.75) is 19.0 Å². The second-order valence-corrected chi connectivity index (χ2v) is 8.89. The molecular weight excluding hydrogens is 408 g/mol. The first-order valence-corrected chi connectivity index (χ1v) is 11.4. The van der Waals surface area contributed by atoms with Crippen molar-refractivity contribution in [2.75, 3.05) is 49.2 Å². The zero-order valence-corrected chi connectivity index (χ0v) is 19.0. The fourth-order valence-electron chi connectivity index (χ4n) is 3.57. The van der Waals surface area contributed by atoms with Crippen molar-refractivity contribution < 1.29 is 4.79 Å². The lowest BCUT2D eigenvalue weighted by Gasteiger charge is -2.34. The zero-order chi connectivity index (χ0) is 21.8. The van der Waals surface area contributed by atoms with Gasteiger partial charge in [-0.25, -0.2) is 0 Å². The van der Waals surface area contributed by atoms with Crippen LogP contribution in [-0.2, 0) is 4.79 Å². The second kappa shape index (κ2) is 9.53. The molecule has 31 heavy (non-hydrogen) atoms. The summed E-state index contributed by atoms with van der Waals surface area (Å²) in [6, 6.07) is 14.4. The molecular formula is C23H28N6OS. The van der Waals surface area contributed by atoms with Crippen LogP contribution in [0.25, 0.3) is 5.69 Å². The number of aromatic nitrogens is 3. The van der Waals surface area contributed by atoms with Gasteiger partial charge in [0.25, 0.3) is 0 Å². The molecule has 1 aliphatic rings. The highest BCUT2D eigenvalue weighted by Crippen LogP contribution is 2.25. The molecule has 1 N–H and O–H groups in total. The molecule has 0 radical (unpaired) electrons. The van der Waals surface area contributed by atoms with Crippen molar-refractivity contribution in [3.8, 4) is 5.69 Å². The molecule has 2 heterocycles. The maximum Gasteiger partial charge on any atom is 0.234 e. The van der Waals surface area contributed by atoms with Crippen molar-refractivity contribution in [1.82, 2.24) is 19.7 Å². The third kappa shape index (κ3) is 5.26. The highest BCUT2D eigenvalue weighted by Gasteiger charge is 2.16. The molecule has 1 aromatic heterocycles. The molecule has 162 valence electrons. The summed E-state index contributed by atoms with van der Waals surface area (Å²) in [5, 5.41) is 11.9. The fourth-order valence-corrected chi connectivity index (χ4v) is 4.30. The number of benzene rings is 2. The Bertz CT molecular complexity index is 1040. The molecule has 2 aromatic carbocycles. The number of carbonyl (C=O) groups is 1. The van der Waals surface area contributed by atoms with Gasteiger partial charge in [-0.3, -0.25) is 9.36 Å². The number of nitrogens with one attached hydrogen (secondary N) is 1. The van der Waals surface area contributed by atoms with Crippen LogP contribution in [0, 0.1) is 13.8 Å². The molecule has 0 aliphatic carbocycles. The van der Waals surface area contributed by atoms with E-state index in [0.717, 1.165) is 43.1 Å². The van der Waals surface area contributed by atoms with Crippen LogP contribution in [-0.4, -0.2) is 64.6 Å². The van der Waals surface area contributed by atoms with Crippen LogP contribution in [0.4, 0.5) is 11.4 Å². The van der Waals surface area contributed by atoms with Gasteiger partial charge in [-0.2, -0.15) is 0 Å². The zero-order valence-electron chi connectivity index (χ0n) is 18.2. The quantitative estimate of drug-likeness (QED) is 0.598. The molecule has 0 unspecified atom stereocenters. The minimum absolute atomic E-state index is 0.0566. The number of amides is 1. The van der Waals surface area contributed by atoms with Gasteiger partial charge in [0.05, 0.1) is 5.75 Å². The number of likely N-dealkylation sites (N-methyl/N-ethyl adjacent to an activating group) is 1. The van der Waals surface area contributed by atoms with Gasteiger partial charge < -0.3 is 15.1 Å². The number of hydrogen-bond donors (Lipinski definition) is 1. The number of piperazine rings is 1. The van der Waals surface area contributed by atoms with Crippen molar-refractivity contribution >= 4 is 29.0 Å². The molecule has 0 saturated carbocycles. The Hall–Kier alpha value is -2.84. The number of rotatable bonds is 6. The minimum atomic E-state index is -0.0566. The van der Waals surface area contributed by atoms with Gasteiger partial charge in [-0.1, -0.05) is 29.5 Å². The Labute approximate surface area is 187 Å². The van der Waals surface area contributed by atoms with E-state index < -0.39 is 0 Å². The van der Waals surface area contributed by atoms with Gasteiger partial charge in [-0.05, 0) is 56.8 Å². The number of anilines is 2. The number of nitrogens with zero attached hydrogens (tertiary/aromatic N) is 5. The van der Waals surface area contributed by atoms with Gasteiger partial charge in [0.15, 0.2) is 5.16 Å². The van der Waals surface area contributed by atoms with Crippen LogP contribution >= 0.6 is 11.8 Å². The van der Waals surface area contributed by atoms with Gasteiger partial charge in [-0.15, -0.1) is 10.2 Å². The van der Waals surface area contributed by atoms with Crippen LogP contribution in [0.15, 0.2) is 53.9 Å². The fraction of sp³-hybridized carbons (Fsp3) is 0.348. The van der Waals surface area contributed by atoms with E-state index >= 15 is 0 Å². The van der Waals surface area contributed by atoms with Crippen LogP contribution in [0.1, 0.15) is 11.1 Å². The molecule has 0 bridgehead atoms. The number of carbonyl (C=O) groups excluding carboxylic acids is 1. The average Bonchev–Trinajstić information content (AvgIpc) is 3.23. The topological polar surface area (TPSA) is 66.3 Å². The predicted octanol–water partition coefficient (Wildman–Crippen LogP) is 3.37. The molecule has 4 rings (SSSR count). The first-order chi connectivity index (χ1) is 15.0. The van der Waals surface area contributed by atoms with Crippen molar-refractivity contribution in [1.29, 1.82) is 0 Å². The van der Waals surface area contributed by atoms with Gasteiger partial charge in [0, 0.05) is 43.2 Å². The van der Waals surface area contributed by atoms with Gasteiger partial charge >= 0.3 is 0 Å². The maximum atomic E-state index is 12.6. The lowest BCUT2D eigenvalue weighted by molar-refractivity contribution is -0.113. The molecule has 7 nitrogen and oxygen atoms in total. The number of thioether (sulfide) groups is 1. The maximum absolute atomic E-state index is 12.6. The minimum Gasteiger partial charge on any atom is -0.369 e. The summed E-state index contributed by atoms with van der Waals surface area (Å²) in [4.78, 5) is 17.3. The van der Waals surface area contributed by atoms with Crippen LogP contribution < -0.4 is 10.2 Å². The molecule has 1 amide bonds. The van der Waals surface area contributed by atoms with Crippen molar-refractivity contribution in [3.05, 3.63) is 59.9 Å². The molecule has 0 atom stereocenters. The first-order valence-electron chi connectivity index (χ1n) is 10.4. The SMILES string of the molecule is Cc1ccc(-n2cnnc2SCC(=O)Nc2ccc(N3CCN(C)CC3)cc2C)cc1. The monoisotopic (exact) mass is 436 g/mol. The van der Waals surface area contributed by atoms with E-state index in [2.05, 4.69) is 51.4 Å². The predicted molar refractivity (Wildman–Crippen MR) is 126 cm³/mol. The Kier molecular flexibility index (Phi) is 6.58. The van der Waals surface area contributed by atoms with E-state index in [0.29, 0.717) is 5.16 Å². The highest BCUT2D eigenvalue weighted by atomic mass is 32.2. The molecule has 1 aliphatic heterocycles. The largest absolute Gasteiger partial charge is 0.369 e. The Balaban J connectivity index is 1.35. The first kappa shape index (κ1) is 21.4. The van der Waals surface area contributed by atoms with Crippen molar-refractivity contribution in [3.63, 3.8) is 0 Å². The third-order valence-electron chi connectivity index (χ3n) is 5.51. The summed E-state index contributed by atoms with van der Waals surface area (Å²) < 4.78 is 1.90. The Morgan fingerprint density at radius 2 is 1.74 bits per heavy atom. The number of aryl methyl sites for hydroxylation is 2. The lowest BCUT2D eigenvalue weighted by Crippen LogP contribution is -2.44. The normalized spacial score (nSPS) is 14.6. The standard InChI is InChI=1S/C23H28N6OS/c1-17-4-6-19(7-5-17)29-16-24-26-23(29)31-15-22(30)25-21-9-8-20(14-18(21)2)28-12-10-27(3)11-13-28/h4-9,14,16H,10-13,15H2,1-3H3,(H,25,30).